The molecule has 0 saturated carbocycles. The van der Waals surface area contributed by atoms with Crippen LogP contribution in [0.5, 0.6) is 5.75 Å². The van der Waals surface area contributed by atoms with Crippen LogP contribution in [0.15, 0.2) is 24.3 Å². The molecule has 1 aromatic carbocycles. The first kappa shape index (κ1) is 14.7. The van der Waals surface area contributed by atoms with Crippen LogP contribution >= 0.6 is 0 Å². The molecule has 18 heavy (non-hydrogen) atoms. The van der Waals surface area contributed by atoms with E-state index in [1.807, 2.05) is 39.0 Å². The fraction of sp³-hybridized carbons (Fsp3) is 0.533. The maximum absolute atomic E-state index is 12.5. The van der Waals surface area contributed by atoms with Crippen molar-refractivity contribution in [1.29, 1.82) is 0 Å². The van der Waals surface area contributed by atoms with E-state index in [9.17, 15) is 4.79 Å². The predicted octanol–water partition coefficient (Wildman–Crippen LogP) is 3.47. The van der Waals surface area contributed by atoms with E-state index in [-0.39, 0.29) is 5.78 Å². The highest BCUT2D eigenvalue weighted by molar-refractivity contribution is 6.04. The van der Waals surface area contributed by atoms with Gasteiger partial charge in [0, 0.05) is 7.11 Å². The quantitative estimate of drug-likeness (QED) is 0.695. The normalized spacial score (nSPS) is 14.0. The van der Waals surface area contributed by atoms with Gasteiger partial charge in [-0.25, -0.2) is 0 Å². The van der Waals surface area contributed by atoms with Crippen LogP contribution in [0.2, 0.25) is 0 Å². The molecule has 0 aromatic heterocycles. The summed E-state index contributed by atoms with van der Waals surface area (Å²) in [5.74, 6) is 0.611. The van der Waals surface area contributed by atoms with Gasteiger partial charge in [0.05, 0.1) is 12.2 Å². The summed E-state index contributed by atoms with van der Waals surface area (Å²) in [6, 6.07) is 7.34. The van der Waals surface area contributed by atoms with Gasteiger partial charge in [0.1, 0.15) is 11.4 Å². The third-order valence-electron chi connectivity index (χ3n) is 3.20. The van der Waals surface area contributed by atoms with Crippen molar-refractivity contribution in [3.8, 4) is 5.75 Å². The summed E-state index contributed by atoms with van der Waals surface area (Å²) in [6.07, 6.45) is 1.54. The molecule has 100 valence electrons. The first-order valence-corrected chi connectivity index (χ1v) is 6.40. The third-order valence-corrected chi connectivity index (χ3v) is 3.20. The molecule has 0 saturated heterocycles. The molecule has 0 amide bonds. The Kier molecular flexibility index (Phi) is 5.35. The van der Waals surface area contributed by atoms with E-state index < -0.39 is 5.60 Å². The van der Waals surface area contributed by atoms with Crippen LogP contribution in [0, 0.1) is 0 Å². The summed E-state index contributed by atoms with van der Waals surface area (Å²) >= 11 is 0. The predicted molar refractivity (Wildman–Crippen MR) is 72.3 cm³/mol. The largest absolute Gasteiger partial charge is 0.493 e. The molecular formula is C15H22O3. The topological polar surface area (TPSA) is 35.5 Å². The van der Waals surface area contributed by atoms with Crippen molar-refractivity contribution in [2.24, 2.45) is 0 Å². The van der Waals surface area contributed by atoms with Gasteiger partial charge in [0.15, 0.2) is 5.78 Å². The summed E-state index contributed by atoms with van der Waals surface area (Å²) in [4.78, 5) is 12.5. The van der Waals surface area contributed by atoms with Gasteiger partial charge in [-0.15, -0.1) is 0 Å². The van der Waals surface area contributed by atoms with E-state index in [0.717, 1.165) is 6.42 Å². The van der Waals surface area contributed by atoms with E-state index in [2.05, 4.69) is 0 Å². The summed E-state index contributed by atoms with van der Waals surface area (Å²) in [5.41, 5.74) is -0.191. The van der Waals surface area contributed by atoms with Crippen LogP contribution in [0.25, 0.3) is 0 Å². The van der Waals surface area contributed by atoms with Crippen molar-refractivity contribution >= 4 is 5.78 Å². The van der Waals surface area contributed by atoms with Gasteiger partial charge in [-0.05, 0) is 31.9 Å². The molecule has 0 N–H and O–H groups in total. The Morgan fingerprint density at radius 2 is 1.94 bits per heavy atom. The number of carbonyl (C=O) groups excluding carboxylic acids is 1. The molecule has 3 nitrogen and oxygen atoms in total. The second-order valence-electron chi connectivity index (χ2n) is 4.46. The lowest BCUT2D eigenvalue weighted by Crippen LogP contribution is -2.37. The van der Waals surface area contributed by atoms with Crippen molar-refractivity contribution in [2.45, 2.75) is 39.2 Å². The van der Waals surface area contributed by atoms with Crippen molar-refractivity contribution in [2.75, 3.05) is 13.7 Å². The molecule has 0 heterocycles. The zero-order valence-corrected chi connectivity index (χ0v) is 11.7. The van der Waals surface area contributed by atoms with Gasteiger partial charge < -0.3 is 9.47 Å². The monoisotopic (exact) mass is 250 g/mol. The Morgan fingerprint density at radius 3 is 2.50 bits per heavy atom. The molecule has 1 rings (SSSR count). The highest BCUT2D eigenvalue weighted by Crippen LogP contribution is 2.27. The zero-order chi connectivity index (χ0) is 13.6. The Balaban J connectivity index is 3.04. The molecule has 0 radical (unpaired) electrons. The molecule has 0 fully saturated rings. The summed E-state index contributed by atoms with van der Waals surface area (Å²) < 4.78 is 11.0. The van der Waals surface area contributed by atoms with E-state index in [4.69, 9.17) is 9.47 Å². The minimum Gasteiger partial charge on any atom is -0.493 e. The molecule has 3 heteroatoms. The molecule has 0 aliphatic carbocycles. The van der Waals surface area contributed by atoms with Gasteiger partial charge in [-0.1, -0.05) is 26.0 Å². The second-order valence-corrected chi connectivity index (χ2v) is 4.46. The lowest BCUT2D eigenvalue weighted by atomic mass is 9.91. The molecule has 1 atom stereocenters. The van der Waals surface area contributed by atoms with Gasteiger partial charge >= 0.3 is 0 Å². The van der Waals surface area contributed by atoms with E-state index in [0.29, 0.717) is 24.3 Å². The van der Waals surface area contributed by atoms with Crippen LogP contribution in [-0.2, 0) is 4.74 Å². The number of hydrogen-bond acceptors (Lipinski definition) is 3. The van der Waals surface area contributed by atoms with E-state index in [1.54, 1.807) is 13.2 Å². The fourth-order valence-electron chi connectivity index (χ4n) is 1.67. The molecule has 1 unspecified atom stereocenters. The van der Waals surface area contributed by atoms with Gasteiger partial charge in [0.25, 0.3) is 0 Å². The van der Waals surface area contributed by atoms with Crippen molar-refractivity contribution in [3.05, 3.63) is 29.8 Å². The average molecular weight is 250 g/mol. The number of methoxy groups -OCH3 is 1. The Morgan fingerprint density at radius 1 is 1.28 bits per heavy atom. The Labute approximate surface area is 109 Å². The Hall–Kier alpha value is -1.35. The van der Waals surface area contributed by atoms with Gasteiger partial charge in [-0.2, -0.15) is 0 Å². The first-order valence-electron chi connectivity index (χ1n) is 6.40. The lowest BCUT2D eigenvalue weighted by molar-refractivity contribution is 0.0103. The molecule has 0 aliphatic heterocycles. The minimum atomic E-state index is -0.786. The van der Waals surface area contributed by atoms with Crippen LogP contribution in [0.4, 0.5) is 0 Å². The molecule has 0 aliphatic rings. The van der Waals surface area contributed by atoms with Crippen LogP contribution in [0.1, 0.15) is 44.0 Å². The van der Waals surface area contributed by atoms with Crippen LogP contribution in [-0.4, -0.2) is 25.1 Å². The maximum Gasteiger partial charge on any atom is 0.198 e. The minimum absolute atomic E-state index is 0.0285. The number of ether oxygens (including phenoxy) is 2. The molecule has 0 bridgehead atoms. The molecule has 0 spiro atoms. The summed E-state index contributed by atoms with van der Waals surface area (Å²) in [7, 11) is 1.57. The lowest BCUT2D eigenvalue weighted by Gasteiger charge is -2.25. The van der Waals surface area contributed by atoms with Crippen molar-refractivity contribution in [1.82, 2.24) is 0 Å². The number of ketones is 1. The van der Waals surface area contributed by atoms with Gasteiger partial charge in [-0.3, -0.25) is 4.79 Å². The number of benzene rings is 1. The highest BCUT2D eigenvalue weighted by Gasteiger charge is 2.33. The SMILES string of the molecule is CCCOc1ccccc1C(=O)C(C)(CC)OC. The van der Waals surface area contributed by atoms with Crippen molar-refractivity contribution < 1.29 is 14.3 Å². The number of Topliss-reactive ketones (excluding diaryl/α,β-unsaturated/α-hetero) is 1. The zero-order valence-electron chi connectivity index (χ0n) is 11.7. The van der Waals surface area contributed by atoms with Crippen LogP contribution in [0.3, 0.4) is 0 Å². The Bertz CT molecular complexity index is 394. The summed E-state index contributed by atoms with van der Waals surface area (Å²) in [5, 5.41) is 0. The van der Waals surface area contributed by atoms with Crippen molar-refractivity contribution in [3.63, 3.8) is 0 Å². The average Bonchev–Trinajstić information content (AvgIpc) is 2.43. The maximum atomic E-state index is 12.5. The standard InChI is InChI=1S/C15H22O3/c1-5-11-18-13-10-8-7-9-12(13)14(16)15(3,6-2)17-4/h7-10H,5-6,11H2,1-4H3. The third kappa shape index (κ3) is 3.10. The fourth-order valence-corrected chi connectivity index (χ4v) is 1.67. The van der Waals surface area contributed by atoms with E-state index >= 15 is 0 Å². The highest BCUT2D eigenvalue weighted by atomic mass is 16.5. The number of carbonyl (C=O) groups is 1. The smallest absolute Gasteiger partial charge is 0.198 e. The van der Waals surface area contributed by atoms with E-state index in [1.165, 1.54) is 0 Å². The molecular weight excluding hydrogens is 228 g/mol. The summed E-state index contributed by atoms with van der Waals surface area (Å²) in [6.45, 7) is 6.40. The number of rotatable bonds is 7. The van der Waals surface area contributed by atoms with Gasteiger partial charge in [0.2, 0.25) is 0 Å². The number of hydrogen-bond donors (Lipinski definition) is 0. The van der Waals surface area contributed by atoms with Crippen LogP contribution < -0.4 is 4.74 Å². The second kappa shape index (κ2) is 6.55. The first-order chi connectivity index (χ1) is 8.59. The molecule has 1 aromatic rings. The number of para-hydroxylation sites is 1.